The Hall–Kier alpha value is -1.43. The molecule has 102 valence electrons. The van der Waals surface area contributed by atoms with E-state index in [-0.39, 0.29) is 6.04 Å². The topological polar surface area (TPSA) is 44.5 Å². The monoisotopic (exact) mass is 263 g/mol. The van der Waals surface area contributed by atoms with Crippen molar-refractivity contribution in [3.63, 3.8) is 0 Å². The molecule has 0 aromatic heterocycles. The second kappa shape index (κ2) is 5.95. The summed E-state index contributed by atoms with van der Waals surface area (Å²) >= 11 is 0. The summed E-state index contributed by atoms with van der Waals surface area (Å²) in [5.41, 5.74) is 6.37. The fourth-order valence-electron chi connectivity index (χ4n) is 1.42. The van der Waals surface area contributed by atoms with E-state index in [1.165, 1.54) is 13.2 Å². The van der Waals surface area contributed by atoms with Gasteiger partial charge in [0.2, 0.25) is 0 Å². The zero-order valence-corrected chi connectivity index (χ0v) is 10.3. The van der Waals surface area contributed by atoms with E-state index in [4.69, 9.17) is 15.2 Å². The predicted molar refractivity (Wildman–Crippen MR) is 61.8 cm³/mol. The minimum absolute atomic E-state index is 0.322. The van der Waals surface area contributed by atoms with Gasteiger partial charge in [-0.15, -0.1) is 0 Å². The average Bonchev–Trinajstić information content (AvgIpc) is 2.26. The minimum Gasteiger partial charge on any atom is -0.497 e. The Labute approximate surface area is 104 Å². The van der Waals surface area contributed by atoms with Crippen molar-refractivity contribution >= 4 is 0 Å². The van der Waals surface area contributed by atoms with Crippen LogP contribution >= 0.6 is 0 Å². The van der Waals surface area contributed by atoms with Crippen molar-refractivity contribution in [2.75, 3.05) is 13.7 Å². The number of alkyl halides is 3. The maximum absolute atomic E-state index is 12.0. The van der Waals surface area contributed by atoms with Gasteiger partial charge in [-0.3, -0.25) is 0 Å². The largest absolute Gasteiger partial charge is 0.497 e. The molecule has 0 aliphatic rings. The van der Waals surface area contributed by atoms with E-state index >= 15 is 0 Å². The molecule has 1 aromatic rings. The van der Waals surface area contributed by atoms with Gasteiger partial charge in [-0.05, 0) is 13.0 Å². The average molecular weight is 263 g/mol. The fraction of sp³-hybridized carbons (Fsp3) is 0.500. The molecule has 0 bridgehead atoms. The van der Waals surface area contributed by atoms with Crippen molar-refractivity contribution < 1.29 is 22.6 Å². The number of hydrogen-bond donors (Lipinski definition) is 1. The molecule has 2 N–H and O–H groups in total. The van der Waals surface area contributed by atoms with Crippen molar-refractivity contribution in [1.82, 2.24) is 0 Å². The van der Waals surface area contributed by atoms with Crippen LogP contribution in [0.15, 0.2) is 18.2 Å². The van der Waals surface area contributed by atoms with Crippen LogP contribution in [-0.4, -0.2) is 19.9 Å². The van der Waals surface area contributed by atoms with Crippen molar-refractivity contribution in [1.29, 1.82) is 0 Å². The molecule has 0 heterocycles. The summed E-state index contributed by atoms with van der Waals surface area (Å²) in [6.07, 6.45) is -5.23. The van der Waals surface area contributed by atoms with Crippen LogP contribution in [0.3, 0.4) is 0 Å². The molecule has 6 heteroatoms. The number of ether oxygens (including phenoxy) is 2. The summed E-state index contributed by atoms with van der Waals surface area (Å²) in [6.45, 7) is 1.30. The fourth-order valence-corrected chi connectivity index (χ4v) is 1.42. The first kappa shape index (κ1) is 14.6. The van der Waals surface area contributed by atoms with Crippen LogP contribution < -0.4 is 15.2 Å². The zero-order valence-electron chi connectivity index (χ0n) is 10.3. The SMILES string of the molecule is COc1ccc([C@@H](C)N)c(OCCC(F)(F)F)c1. The summed E-state index contributed by atoms with van der Waals surface area (Å²) in [6, 6.07) is 4.59. The van der Waals surface area contributed by atoms with E-state index in [0.29, 0.717) is 17.1 Å². The van der Waals surface area contributed by atoms with Crippen molar-refractivity contribution in [2.45, 2.75) is 25.6 Å². The highest BCUT2D eigenvalue weighted by atomic mass is 19.4. The molecule has 0 saturated carbocycles. The number of hydrogen-bond acceptors (Lipinski definition) is 3. The lowest BCUT2D eigenvalue weighted by atomic mass is 10.1. The highest BCUT2D eigenvalue weighted by Crippen LogP contribution is 2.29. The maximum Gasteiger partial charge on any atom is 0.392 e. The zero-order chi connectivity index (χ0) is 13.8. The van der Waals surface area contributed by atoms with Gasteiger partial charge in [0.05, 0.1) is 20.1 Å². The number of methoxy groups -OCH3 is 1. The first-order valence-corrected chi connectivity index (χ1v) is 5.46. The molecule has 0 saturated heterocycles. The van der Waals surface area contributed by atoms with Crippen LogP contribution in [0.25, 0.3) is 0 Å². The molecule has 0 radical (unpaired) electrons. The van der Waals surface area contributed by atoms with Crippen LogP contribution in [-0.2, 0) is 0 Å². The van der Waals surface area contributed by atoms with E-state index in [0.717, 1.165) is 0 Å². The molecular weight excluding hydrogens is 247 g/mol. The third kappa shape index (κ3) is 4.44. The smallest absolute Gasteiger partial charge is 0.392 e. The molecule has 1 rings (SSSR count). The van der Waals surface area contributed by atoms with Gasteiger partial charge in [0.1, 0.15) is 11.5 Å². The van der Waals surface area contributed by atoms with Gasteiger partial charge in [-0.1, -0.05) is 6.07 Å². The summed E-state index contributed by atoms with van der Waals surface area (Å²) in [4.78, 5) is 0. The quantitative estimate of drug-likeness (QED) is 0.888. The molecule has 0 amide bonds. The maximum atomic E-state index is 12.0. The summed E-state index contributed by atoms with van der Waals surface area (Å²) < 4.78 is 46.2. The van der Waals surface area contributed by atoms with Gasteiger partial charge in [0, 0.05) is 17.7 Å². The molecule has 0 aliphatic carbocycles. The lowest BCUT2D eigenvalue weighted by Gasteiger charge is -2.15. The molecular formula is C12H16F3NO2. The summed E-state index contributed by atoms with van der Waals surface area (Å²) in [5.74, 6) is 0.843. The van der Waals surface area contributed by atoms with Crippen LogP contribution in [0.4, 0.5) is 13.2 Å². The Morgan fingerprint density at radius 2 is 2.00 bits per heavy atom. The number of nitrogens with two attached hydrogens (primary N) is 1. The summed E-state index contributed by atoms with van der Waals surface area (Å²) in [5, 5.41) is 0. The third-order valence-electron chi connectivity index (χ3n) is 2.35. The van der Waals surface area contributed by atoms with Gasteiger partial charge in [-0.2, -0.15) is 13.2 Å². The number of halogens is 3. The van der Waals surface area contributed by atoms with Gasteiger partial charge in [0.15, 0.2) is 0 Å². The molecule has 0 spiro atoms. The molecule has 1 atom stereocenters. The molecule has 1 aromatic carbocycles. The Morgan fingerprint density at radius 3 is 2.50 bits per heavy atom. The highest BCUT2D eigenvalue weighted by Gasteiger charge is 2.27. The van der Waals surface area contributed by atoms with Crippen molar-refractivity contribution in [3.8, 4) is 11.5 Å². The first-order chi connectivity index (χ1) is 8.33. The normalized spacial score (nSPS) is 13.2. The lowest BCUT2D eigenvalue weighted by Crippen LogP contribution is -2.14. The minimum atomic E-state index is -4.23. The standard InChI is InChI=1S/C12H16F3NO2/c1-8(16)10-4-3-9(17-2)7-11(10)18-6-5-12(13,14)15/h3-4,7-8H,5-6,16H2,1-2H3/t8-/m1/s1. The van der Waals surface area contributed by atoms with E-state index in [1.807, 2.05) is 0 Å². The molecule has 0 fully saturated rings. The molecule has 0 unspecified atom stereocenters. The molecule has 18 heavy (non-hydrogen) atoms. The van der Waals surface area contributed by atoms with Crippen LogP contribution in [0.5, 0.6) is 11.5 Å². The van der Waals surface area contributed by atoms with E-state index in [9.17, 15) is 13.2 Å². The van der Waals surface area contributed by atoms with Gasteiger partial charge in [0.25, 0.3) is 0 Å². The van der Waals surface area contributed by atoms with Crippen LogP contribution in [0.2, 0.25) is 0 Å². The van der Waals surface area contributed by atoms with Crippen molar-refractivity contribution in [2.24, 2.45) is 5.73 Å². The predicted octanol–water partition coefficient (Wildman–Crippen LogP) is 3.05. The Bertz CT molecular complexity index is 391. The van der Waals surface area contributed by atoms with Crippen molar-refractivity contribution in [3.05, 3.63) is 23.8 Å². The van der Waals surface area contributed by atoms with Gasteiger partial charge in [-0.25, -0.2) is 0 Å². The first-order valence-electron chi connectivity index (χ1n) is 5.46. The molecule has 3 nitrogen and oxygen atoms in total. The Balaban J connectivity index is 2.78. The second-order valence-electron chi connectivity index (χ2n) is 3.91. The highest BCUT2D eigenvalue weighted by molar-refractivity contribution is 5.42. The Kier molecular flexibility index (Phi) is 4.84. The van der Waals surface area contributed by atoms with E-state index in [1.54, 1.807) is 19.1 Å². The van der Waals surface area contributed by atoms with E-state index in [2.05, 4.69) is 0 Å². The summed E-state index contributed by atoms with van der Waals surface area (Å²) in [7, 11) is 1.47. The molecule has 0 aliphatic heterocycles. The second-order valence-corrected chi connectivity index (χ2v) is 3.91. The van der Waals surface area contributed by atoms with Crippen LogP contribution in [0.1, 0.15) is 24.9 Å². The van der Waals surface area contributed by atoms with E-state index < -0.39 is 19.2 Å². The van der Waals surface area contributed by atoms with Gasteiger partial charge >= 0.3 is 6.18 Å². The lowest BCUT2D eigenvalue weighted by molar-refractivity contribution is -0.139. The number of rotatable bonds is 5. The van der Waals surface area contributed by atoms with Gasteiger partial charge < -0.3 is 15.2 Å². The van der Waals surface area contributed by atoms with Crippen LogP contribution in [0, 0.1) is 0 Å². The Morgan fingerprint density at radius 1 is 1.33 bits per heavy atom. The third-order valence-corrected chi connectivity index (χ3v) is 2.35. The number of benzene rings is 1.